The van der Waals surface area contributed by atoms with Crippen molar-refractivity contribution in [1.82, 2.24) is 9.97 Å². The lowest BCUT2D eigenvalue weighted by Gasteiger charge is -2.30. The van der Waals surface area contributed by atoms with Gasteiger partial charge in [-0.1, -0.05) is 26.7 Å². The molecule has 1 aromatic rings. The molecule has 1 aliphatic rings. The van der Waals surface area contributed by atoms with Crippen molar-refractivity contribution in [3.63, 3.8) is 0 Å². The predicted molar refractivity (Wildman–Crippen MR) is 73.0 cm³/mol. The monoisotopic (exact) mass is 249 g/mol. The summed E-state index contributed by atoms with van der Waals surface area (Å²) in [4.78, 5) is 8.84. The molecule has 100 valence electrons. The van der Waals surface area contributed by atoms with Crippen LogP contribution in [0.25, 0.3) is 0 Å². The van der Waals surface area contributed by atoms with E-state index in [4.69, 9.17) is 4.74 Å². The van der Waals surface area contributed by atoms with Crippen LogP contribution in [0.4, 0.5) is 5.82 Å². The molecule has 2 unspecified atom stereocenters. The third kappa shape index (κ3) is 3.12. The van der Waals surface area contributed by atoms with Crippen LogP contribution in [0.5, 0.6) is 5.88 Å². The molecule has 1 aliphatic carbocycles. The van der Waals surface area contributed by atoms with E-state index < -0.39 is 0 Å². The van der Waals surface area contributed by atoms with Gasteiger partial charge in [-0.25, -0.2) is 4.98 Å². The Bertz CT molecular complexity index is 372. The van der Waals surface area contributed by atoms with Crippen LogP contribution >= 0.6 is 0 Å². The highest BCUT2D eigenvalue weighted by molar-refractivity contribution is 5.39. The van der Waals surface area contributed by atoms with Crippen molar-refractivity contribution in [2.45, 2.75) is 52.0 Å². The van der Waals surface area contributed by atoms with E-state index in [1.807, 2.05) is 6.07 Å². The van der Waals surface area contributed by atoms with Gasteiger partial charge in [0.2, 0.25) is 5.88 Å². The first-order valence-corrected chi connectivity index (χ1v) is 6.91. The Kier molecular flexibility index (Phi) is 4.39. The summed E-state index contributed by atoms with van der Waals surface area (Å²) in [5.74, 6) is 3.09. The van der Waals surface area contributed by atoms with E-state index in [1.165, 1.54) is 25.7 Å². The second-order valence-corrected chi connectivity index (χ2v) is 5.08. The van der Waals surface area contributed by atoms with Gasteiger partial charge in [0.05, 0.1) is 7.11 Å². The molecule has 0 aliphatic heterocycles. The van der Waals surface area contributed by atoms with E-state index in [9.17, 15) is 0 Å². The molecule has 1 heterocycles. The molecule has 4 nitrogen and oxygen atoms in total. The molecule has 1 N–H and O–H groups in total. The number of hydrogen-bond acceptors (Lipinski definition) is 4. The molecule has 0 bridgehead atoms. The van der Waals surface area contributed by atoms with Crippen LogP contribution in [0.15, 0.2) is 6.07 Å². The largest absolute Gasteiger partial charge is 0.481 e. The van der Waals surface area contributed by atoms with Crippen LogP contribution in [0, 0.1) is 5.92 Å². The third-order valence-electron chi connectivity index (χ3n) is 3.72. The van der Waals surface area contributed by atoms with E-state index in [2.05, 4.69) is 29.1 Å². The summed E-state index contributed by atoms with van der Waals surface area (Å²) in [5, 5.41) is 3.55. The molecular weight excluding hydrogens is 226 g/mol. The first-order chi connectivity index (χ1) is 8.72. The third-order valence-corrected chi connectivity index (χ3v) is 3.72. The number of hydrogen-bond donors (Lipinski definition) is 1. The molecule has 2 rings (SSSR count). The quantitative estimate of drug-likeness (QED) is 0.891. The summed E-state index contributed by atoms with van der Waals surface area (Å²) in [6.45, 7) is 4.37. The number of nitrogens with zero attached hydrogens (tertiary/aromatic N) is 2. The number of ether oxygens (including phenoxy) is 1. The van der Waals surface area contributed by atoms with E-state index in [0.717, 1.165) is 18.1 Å². The molecule has 0 saturated heterocycles. The minimum absolute atomic E-state index is 0.531. The first-order valence-electron chi connectivity index (χ1n) is 6.91. The first kappa shape index (κ1) is 13.1. The van der Waals surface area contributed by atoms with Gasteiger partial charge in [0.25, 0.3) is 0 Å². The van der Waals surface area contributed by atoms with Crippen molar-refractivity contribution >= 4 is 5.82 Å². The van der Waals surface area contributed by atoms with Crippen LogP contribution in [-0.2, 0) is 6.42 Å². The zero-order valence-corrected chi connectivity index (χ0v) is 11.6. The van der Waals surface area contributed by atoms with Crippen molar-refractivity contribution in [3.05, 3.63) is 11.9 Å². The van der Waals surface area contributed by atoms with Crippen molar-refractivity contribution in [2.24, 2.45) is 5.92 Å². The van der Waals surface area contributed by atoms with Gasteiger partial charge in [-0.2, -0.15) is 4.98 Å². The van der Waals surface area contributed by atoms with Gasteiger partial charge in [-0.15, -0.1) is 0 Å². The van der Waals surface area contributed by atoms with Crippen LogP contribution in [-0.4, -0.2) is 23.1 Å². The summed E-state index contributed by atoms with van der Waals surface area (Å²) in [6, 6.07) is 2.42. The second kappa shape index (κ2) is 6.03. The lowest BCUT2D eigenvalue weighted by atomic mass is 9.86. The minimum atomic E-state index is 0.531. The van der Waals surface area contributed by atoms with Crippen LogP contribution in [0.3, 0.4) is 0 Å². The lowest BCUT2D eigenvalue weighted by Crippen LogP contribution is -2.30. The Morgan fingerprint density at radius 1 is 1.33 bits per heavy atom. The summed E-state index contributed by atoms with van der Waals surface area (Å²) < 4.78 is 5.22. The van der Waals surface area contributed by atoms with E-state index in [0.29, 0.717) is 17.8 Å². The second-order valence-electron chi connectivity index (χ2n) is 5.08. The molecule has 1 saturated carbocycles. The van der Waals surface area contributed by atoms with Gasteiger partial charge in [-0.3, -0.25) is 0 Å². The minimum Gasteiger partial charge on any atom is -0.481 e. The number of aromatic nitrogens is 2. The summed E-state index contributed by atoms with van der Waals surface area (Å²) in [5.41, 5.74) is 0. The Morgan fingerprint density at radius 3 is 2.78 bits per heavy atom. The van der Waals surface area contributed by atoms with Crippen molar-refractivity contribution < 1.29 is 4.74 Å². The normalized spacial score (nSPS) is 23.7. The fraction of sp³-hybridized carbons (Fsp3) is 0.714. The Labute approximate surface area is 109 Å². The fourth-order valence-electron chi connectivity index (χ4n) is 2.53. The predicted octanol–water partition coefficient (Wildman–Crippen LogP) is 3.04. The van der Waals surface area contributed by atoms with Gasteiger partial charge >= 0.3 is 0 Å². The molecular formula is C14H23N3O. The highest BCUT2D eigenvalue weighted by Crippen LogP contribution is 2.27. The maximum absolute atomic E-state index is 5.22. The van der Waals surface area contributed by atoms with Crippen molar-refractivity contribution in [2.75, 3.05) is 12.4 Å². The van der Waals surface area contributed by atoms with E-state index in [1.54, 1.807) is 7.11 Å². The van der Waals surface area contributed by atoms with E-state index in [-0.39, 0.29) is 0 Å². The highest BCUT2D eigenvalue weighted by Gasteiger charge is 2.21. The smallest absolute Gasteiger partial charge is 0.218 e. The molecule has 2 atom stereocenters. The van der Waals surface area contributed by atoms with Gasteiger partial charge < -0.3 is 10.1 Å². The van der Waals surface area contributed by atoms with Gasteiger partial charge in [-0.05, 0) is 18.8 Å². The van der Waals surface area contributed by atoms with Crippen molar-refractivity contribution in [1.29, 1.82) is 0 Å². The molecule has 1 aromatic heterocycles. The molecule has 0 radical (unpaired) electrons. The molecule has 0 amide bonds. The van der Waals surface area contributed by atoms with Gasteiger partial charge in [0, 0.05) is 18.5 Å². The topological polar surface area (TPSA) is 47.0 Å². The maximum atomic E-state index is 5.22. The molecule has 4 heteroatoms. The zero-order chi connectivity index (χ0) is 13.0. The van der Waals surface area contributed by atoms with E-state index >= 15 is 0 Å². The molecule has 18 heavy (non-hydrogen) atoms. The highest BCUT2D eigenvalue weighted by atomic mass is 16.5. The maximum Gasteiger partial charge on any atom is 0.218 e. The molecule has 0 spiro atoms. The Morgan fingerprint density at radius 2 is 2.11 bits per heavy atom. The summed E-state index contributed by atoms with van der Waals surface area (Å²) in [6.07, 6.45) is 6.03. The summed E-state index contributed by atoms with van der Waals surface area (Å²) >= 11 is 0. The number of nitrogens with one attached hydrogen (secondary N) is 1. The number of rotatable bonds is 4. The SMILES string of the molecule is CCc1nc(NC2CCCCC2C)cc(OC)n1. The molecule has 1 fully saturated rings. The Balaban J connectivity index is 2.12. The lowest BCUT2D eigenvalue weighted by molar-refractivity contribution is 0.348. The zero-order valence-electron chi connectivity index (χ0n) is 11.6. The number of aryl methyl sites for hydroxylation is 1. The summed E-state index contributed by atoms with van der Waals surface area (Å²) in [7, 11) is 1.65. The molecule has 0 aromatic carbocycles. The standard InChI is InChI=1S/C14H23N3O/c1-4-12-16-13(9-14(17-12)18-3)15-11-8-6-5-7-10(11)2/h9-11H,4-8H2,1-3H3,(H,15,16,17). The fourth-order valence-corrected chi connectivity index (χ4v) is 2.53. The van der Waals surface area contributed by atoms with Crippen molar-refractivity contribution in [3.8, 4) is 5.88 Å². The average molecular weight is 249 g/mol. The average Bonchev–Trinajstić information content (AvgIpc) is 2.41. The van der Waals surface area contributed by atoms with Crippen LogP contribution in [0.2, 0.25) is 0 Å². The number of methoxy groups -OCH3 is 1. The number of anilines is 1. The van der Waals surface area contributed by atoms with Crippen LogP contribution in [0.1, 0.15) is 45.4 Å². The Hall–Kier alpha value is -1.32. The van der Waals surface area contributed by atoms with Gasteiger partial charge in [0.15, 0.2) is 0 Å². The van der Waals surface area contributed by atoms with Crippen LogP contribution < -0.4 is 10.1 Å². The van der Waals surface area contributed by atoms with Gasteiger partial charge in [0.1, 0.15) is 11.6 Å².